The van der Waals surface area contributed by atoms with Crippen LogP contribution in [-0.4, -0.2) is 17.0 Å². The average molecular weight is 364 g/mol. The molecule has 0 fully saturated rings. The summed E-state index contributed by atoms with van der Waals surface area (Å²) in [4.78, 5) is 12.7. The molecule has 0 radical (unpaired) electrons. The molecule has 0 aliphatic carbocycles. The molecule has 3 nitrogen and oxygen atoms in total. The fourth-order valence-corrected chi connectivity index (χ4v) is 3.55. The van der Waals surface area contributed by atoms with E-state index >= 15 is 0 Å². The number of aryl methyl sites for hydroxylation is 1. The number of amides is 1. The molecule has 1 heterocycles. The minimum absolute atomic E-state index is 0.0725. The van der Waals surface area contributed by atoms with Crippen molar-refractivity contribution in [3.05, 3.63) is 94.6 Å². The highest BCUT2D eigenvalue weighted by molar-refractivity contribution is 5.95. The molecule has 140 valence electrons. The van der Waals surface area contributed by atoms with Crippen LogP contribution in [0.15, 0.2) is 60.7 Å². The average Bonchev–Trinajstić information content (AvgIpc) is 2.97. The molecule has 3 rings (SSSR count). The van der Waals surface area contributed by atoms with Gasteiger partial charge in [0.15, 0.2) is 0 Å². The third-order valence-corrected chi connectivity index (χ3v) is 5.01. The molecule has 2 aromatic carbocycles. The van der Waals surface area contributed by atoms with Gasteiger partial charge in [-0.3, -0.25) is 4.79 Å². The van der Waals surface area contributed by atoms with Gasteiger partial charge < -0.3 is 9.88 Å². The molecule has 1 atom stereocenters. The lowest BCUT2D eigenvalue weighted by Crippen LogP contribution is -2.26. The molecule has 1 N–H and O–H groups in total. The van der Waals surface area contributed by atoms with E-state index in [1.807, 2.05) is 38.1 Å². The first-order valence-corrected chi connectivity index (χ1v) is 9.23. The fraction of sp³-hybridized carbons (Fsp3) is 0.261. The van der Waals surface area contributed by atoms with Crippen LogP contribution >= 0.6 is 0 Å². The van der Waals surface area contributed by atoms with Crippen LogP contribution < -0.4 is 5.32 Å². The van der Waals surface area contributed by atoms with Crippen molar-refractivity contribution in [1.29, 1.82) is 0 Å². The Bertz CT molecular complexity index is 914. The first-order chi connectivity index (χ1) is 13.0. The number of rotatable bonds is 6. The van der Waals surface area contributed by atoms with Gasteiger partial charge in [0.05, 0.1) is 11.6 Å². The Morgan fingerprint density at radius 3 is 2.41 bits per heavy atom. The van der Waals surface area contributed by atoms with Gasteiger partial charge in [0.1, 0.15) is 5.82 Å². The Labute approximate surface area is 159 Å². The molecule has 0 saturated carbocycles. The van der Waals surface area contributed by atoms with E-state index in [0.717, 1.165) is 17.0 Å². The summed E-state index contributed by atoms with van der Waals surface area (Å²) in [6.07, 6.45) is 0.672. The SMILES string of the molecule is Cc1cc(C(=O)NCCc2ccc(F)cc2)c(C)n1C(C)c1ccccc1. The zero-order valence-electron chi connectivity index (χ0n) is 16.0. The molecular weight excluding hydrogens is 339 g/mol. The molecule has 0 spiro atoms. The van der Waals surface area contributed by atoms with Crippen LogP contribution in [0.3, 0.4) is 0 Å². The van der Waals surface area contributed by atoms with Gasteiger partial charge in [0.25, 0.3) is 5.91 Å². The van der Waals surface area contributed by atoms with Crippen LogP contribution in [0.4, 0.5) is 4.39 Å². The summed E-state index contributed by atoms with van der Waals surface area (Å²) < 4.78 is 15.2. The van der Waals surface area contributed by atoms with E-state index in [1.54, 1.807) is 12.1 Å². The molecular formula is C23H25FN2O. The van der Waals surface area contributed by atoms with E-state index in [0.29, 0.717) is 18.5 Å². The van der Waals surface area contributed by atoms with E-state index in [-0.39, 0.29) is 17.8 Å². The van der Waals surface area contributed by atoms with Crippen molar-refractivity contribution in [2.75, 3.05) is 6.54 Å². The van der Waals surface area contributed by atoms with Gasteiger partial charge in [-0.2, -0.15) is 0 Å². The van der Waals surface area contributed by atoms with Crippen molar-refractivity contribution < 1.29 is 9.18 Å². The maximum atomic E-state index is 13.0. The third kappa shape index (κ3) is 4.27. The lowest BCUT2D eigenvalue weighted by atomic mass is 10.1. The van der Waals surface area contributed by atoms with Crippen molar-refractivity contribution in [3.63, 3.8) is 0 Å². The zero-order valence-corrected chi connectivity index (χ0v) is 16.0. The number of halogens is 1. The number of aromatic nitrogens is 1. The fourth-order valence-electron chi connectivity index (χ4n) is 3.55. The number of nitrogens with zero attached hydrogens (tertiary/aromatic N) is 1. The molecule has 27 heavy (non-hydrogen) atoms. The van der Waals surface area contributed by atoms with Gasteiger partial charge >= 0.3 is 0 Å². The summed E-state index contributed by atoms with van der Waals surface area (Å²) in [6, 6.07) is 18.7. The van der Waals surface area contributed by atoms with Crippen molar-refractivity contribution >= 4 is 5.91 Å². The van der Waals surface area contributed by atoms with Gasteiger partial charge in [-0.1, -0.05) is 42.5 Å². The second-order valence-electron chi connectivity index (χ2n) is 6.87. The van der Waals surface area contributed by atoms with Crippen molar-refractivity contribution in [2.45, 2.75) is 33.2 Å². The van der Waals surface area contributed by atoms with Crippen LogP contribution in [-0.2, 0) is 6.42 Å². The summed E-state index contributed by atoms with van der Waals surface area (Å²) in [6.45, 7) is 6.68. The highest BCUT2D eigenvalue weighted by Gasteiger charge is 2.19. The molecule has 0 aliphatic heterocycles. The lowest BCUT2D eigenvalue weighted by Gasteiger charge is -2.19. The zero-order chi connectivity index (χ0) is 19.4. The minimum Gasteiger partial charge on any atom is -0.352 e. The van der Waals surface area contributed by atoms with Crippen molar-refractivity contribution in [3.8, 4) is 0 Å². The van der Waals surface area contributed by atoms with Gasteiger partial charge in [0, 0.05) is 17.9 Å². The summed E-state index contributed by atoms with van der Waals surface area (Å²) in [5.41, 5.74) is 4.94. The molecule has 1 amide bonds. The summed E-state index contributed by atoms with van der Waals surface area (Å²) in [5, 5.41) is 2.98. The Hall–Kier alpha value is -2.88. The molecule has 4 heteroatoms. The number of carbonyl (C=O) groups is 1. The van der Waals surface area contributed by atoms with E-state index in [1.165, 1.54) is 17.7 Å². The Kier molecular flexibility index (Phi) is 5.75. The van der Waals surface area contributed by atoms with Crippen molar-refractivity contribution in [2.24, 2.45) is 0 Å². The monoisotopic (exact) mass is 364 g/mol. The summed E-state index contributed by atoms with van der Waals surface area (Å²) in [5.74, 6) is -0.320. The molecule has 0 bridgehead atoms. The van der Waals surface area contributed by atoms with E-state index < -0.39 is 0 Å². The van der Waals surface area contributed by atoms with E-state index in [4.69, 9.17) is 0 Å². The predicted octanol–water partition coefficient (Wildman–Crippen LogP) is 4.83. The highest BCUT2D eigenvalue weighted by atomic mass is 19.1. The topological polar surface area (TPSA) is 34.0 Å². The summed E-state index contributed by atoms with van der Waals surface area (Å²) >= 11 is 0. The quantitative estimate of drug-likeness (QED) is 0.668. The Balaban J connectivity index is 1.69. The number of carbonyl (C=O) groups excluding carboxylic acids is 1. The molecule has 3 aromatic rings. The minimum atomic E-state index is -0.247. The maximum absolute atomic E-state index is 13.0. The third-order valence-electron chi connectivity index (χ3n) is 5.01. The van der Waals surface area contributed by atoms with Crippen LogP contribution in [0.1, 0.15) is 45.8 Å². The normalized spacial score (nSPS) is 12.0. The Morgan fingerprint density at radius 1 is 1.07 bits per heavy atom. The number of nitrogens with one attached hydrogen (secondary N) is 1. The van der Waals surface area contributed by atoms with Crippen LogP contribution in [0.2, 0.25) is 0 Å². The highest BCUT2D eigenvalue weighted by Crippen LogP contribution is 2.25. The van der Waals surface area contributed by atoms with Crippen LogP contribution in [0.25, 0.3) is 0 Å². The first-order valence-electron chi connectivity index (χ1n) is 9.23. The van der Waals surface area contributed by atoms with Crippen LogP contribution in [0.5, 0.6) is 0 Å². The van der Waals surface area contributed by atoms with Crippen molar-refractivity contribution in [1.82, 2.24) is 9.88 Å². The molecule has 0 aliphatic rings. The van der Waals surface area contributed by atoms with E-state index in [9.17, 15) is 9.18 Å². The second-order valence-corrected chi connectivity index (χ2v) is 6.87. The lowest BCUT2D eigenvalue weighted by molar-refractivity contribution is 0.0953. The van der Waals surface area contributed by atoms with E-state index in [2.05, 4.69) is 28.9 Å². The Morgan fingerprint density at radius 2 is 1.74 bits per heavy atom. The van der Waals surface area contributed by atoms with Gasteiger partial charge in [-0.15, -0.1) is 0 Å². The predicted molar refractivity (Wildman–Crippen MR) is 107 cm³/mol. The summed E-state index contributed by atoms with van der Waals surface area (Å²) in [7, 11) is 0. The maximum Gasteiger partial charge on any atom is 0.253 e. The molecule has 1 aromatic heterocycles. The largest absolute Gasteiger partial charge is 0.352 e. The van der Waals surface area contributed by atoms with Gasteiger partial charge in [-0.05, 0) is 56.5 Å². The van der Waals surface area contributed by atoms with Gasteiger partial charge in [-0.25, -0.2) is 4.39 Å². The van der Waals surface area contributed by atoms with Crippen LogP contribution in [0, 0.1) is 19.7 Å². The first kappa shape index (κ1) is 18.9. The molecule has 0 saturated heterocycles. The second kappa shape index (κ2) is 8.21. The number of hydrogen-bond donors (Lipinski definition) is 1. The molecule has 1 unspecified atom stereocenters. The number of hydrogen-bond acceptors (Lipinski definition) is 1. The standard InChI is InChI=1S/C23H25FN2O/c1-16-15-22(18(3)26(16)17(2)20-7-5-4-6-8-20)23(27)25-14-13-19-9-11-21(24)12-10-19/h4-12,15,17H,13-14H2,1-3H3,(H,25,27). The number of benzene rings is 2. The smallest absolute Gasteiger partial charge is 0.253 e. The van der Waals surface area contributed by atoms with Gasteiger partial charge in [0.2, 0.25) is 0 Å².